The van der Waals surface area contributed by atoms with Gasteiger partial charge in [0.05, 0.1) is 10.9 Å². The van der Waals surface area contributed by atoms with Crippen LogP contribution in [0.3, 0.4) is 0 Å². The summed E-state index contributed by atoms with van der Waals surface area (Å²) in [6.45, 7) is 3.60. The van der Waals surface area contributed by atoms with Gasteiger partial charge in [0.15, 0.2) is 5.16 Å². The van der Waals surface area contributed by atoms with Crippen LogP contribution in [0.1, 0.15) is 12.5 Å². The van der Waals surface area contributed by atoms with Crippen LogP contribution in [0.4, 0.5) is 5.69 Å². The third-order valence-electron chi connectivity index (χ3n) is 3.97. The van der Waals surface area contributed by atoms with Crippen LogP contribution < -0.4 is 10.9 Å². The summed E-state index contributed by atoms with van der Waals surface area (Å²) >= 11 is 7.29. The Morgan fingerprint density at radius 2 is 1.93 bits per heavy atom. The number of carbonyl (C=O) groups excluding carboxylic acids is 1. The fourth-order valence-electron chi connectivity index (χ4n) is 2.45. The summed E-state index contributed by atoms with van der Waals surface area (Å²) in [6, 6.07) is 16.2. The SMILES string of the molecule is Cc1c(Cl)cccc1NC(=O)[C@@H](C)Sc1nc(-c2ccccc2)cc(=O)[nH]1. The smallest absolute Gasteiger partial charge is 0.252 e. The van der Waals surface area contributed by atoms with Crippen molar-refractivity contribution in [2.75, 3.05) is 5.32 Å². The summed E-state index contributed by atoms with van der Waals surface area (Å²) in [5.74, 6) is -0.196. The zero-order valence-corrected chi connectivity index (χ0v) is 16.4. The molecule has 7 heteroatoms. The van der Waals surface area contributed by atoms with Crippen molar-refractivity contribution in [1.82, 2.24) is 9.97 Å². The highest BCUT2D eigenvalue weighted by Gasteiger charge is 2.18. The fraction of sp³-hybridized carbons (Fsp3) is 0.150. The molecule has 27 heavy (non-hydrogen) atoms. The van der Waals surface area contributed by atoms with Gasteiger partial charge in [0.1, 0.15) is 0 Å². The van der Waals surface area contributed by atoms with E-state index in [-0.39, 0.29) is 11.5 Å². The number of amides is 1. The zero-order chi connectivity index (χ0) is 19.4. The Balaban J connectivity index is 1.76. The maximum Gasteiger partial charge on any atom is 0.252 e. The molecule has 0 aliphatic heterocycles. The van der Waals surface area contributed by atoms with Crippen LogP contribution in [-0.2, 0) is 4.79 Å². The Bertz CT molecular complexity index is 1020. The third-order valence-corrected chi connectivity index (χ3v) is 5.37. The Morgan fingerprint density at radius 1 is 1.19 bits per heavy atom. The predicted molar refractivity (Wildman–Crippen MR) is 110 cm³/mol. The van der Waals surface area contributed by atoms with Crippen molar-refractivity contribution in [3.05, 3.63) is 75.5 Å². The number of hydrogen-bond acceptors (Lipinski definition) is 4. The molecule has 5 nitrogen and oxygen atoms in total. The largest absolute Gasteiger partial charge is 0.325 e. The number of anilines is 1. The molecule has 0 saturated heterocycles. The second kappa shape index (κ2) is 8.41. The van der Waals surface area contributed by atoms with Crippen molar-refractivity contribution in [3.8, 4) is 11.3 Å². The molecule has 1 atom stereocenters. The lowest BCUT2D eigenvalue weighted by Crippen LogP contribution is -2.23. The Hall–Kier alpha value is -2.57. The lowest BCUT2D eigenvalue weighted by molar-refractivity contribution is -0.115. The maximum absolute atomic E-state index is 12.5. The van der Waals surface area contributed by atoms with Crippen LogP contribution in [0.25, 0.3) is 11.3 Å². The second-order valence-electron chi connectivity index (χ2n) is 5.96. The molecule has 0 bridgehead atoms. The normalized spacial score (nSPS) is 11.8. The van der Waals surface area contributed by atoms with E-state index in [2.05, 4.69) is 15.3 Å². The summed E-state index contributed by atoms with van der Waals surface area (Å²) in [5, 5.41) is 3.39. The topological polar surface area (TPSA) is 74.8 Å². The van der Waals surface area contributed by atoms with Crippen molar-refractivity contribution in [2.45, 2.75) is 24.3 Å². The molecule has 2 N–H and O–H groups in total. The number of nitrogens with one attached hydrogen (secondary N) is 2. The van der Waals surface area contributed by atoms with Crippen LogP contribution in [0.15, 0.2) is 64.5 Å². The molecule has 0 aliphatic carbocycles. The monoisotopic (exact) mass is 399 g/mol. The highest BCUT2D eigenvalue weighted by molar-refractivity contribution is 8.00. The molecule has 0 saturated carbocycles. The van der Waals surface area contributed by atoms with E-state index < -0.39 is 5.25 Å². The summed E-state index contributed by atoms with van der Waals surface area (Å²) in [6.07, 6.45) is 0. The van der Waals surface area contributed by atoms with Gasteiger partial charge in [0.25, 0.3) is 5.56 Å². The summed E-state index contributed by atoms with van der Waals surface area (Å²) in [7, 11) is 0. The van der Waals surface area contributed by atoms with Gasteiger partial charge in [0, 0.05) is 22.3 Å². The standard InChI is InChI=1S/C20H18ClN3O2S/c1-12-15(21)9-6-10-16(12)22-19(26)13(2)27-20-23-17(11-18(25)24-20)14-7-4-3-5-8-14/h3-11,13H,1-2H3,(H,22,26)(H,23,24,25)/t13-/m1/s1. The van der Waals surface area contributed by atoms with Crippen molar-refractivity contribution in [3.63, 3.8) is 0 Å². The average Bonchev–Trinajstić information content (AvgIpc) is 2.65. The molecule has 2 aromatic carbocycles. The molecule has 138 valence electrons. The number of thioether (sulfide) groups is 1. The molecule has 0 fully saturated rings. The lowest BCUT2D eigenvalue weighted by atomic mass is 10.1. The number of benzene rings is 2. The van der Waals surface area contributed by atoms with Crippen molar-refractivity contribution in [2.24, 2.45) is 0 Å². The van der Waals surface area contributed by atoms with Gasteiger partial charge in [-0.15, -0.1) is 0 Å². The predicted octanol–water partition coefficient (Wildman–Crippen LogP) is 4.52. The first-order chi connectivity index (χ1) is 12.9. The first-order valence-electron chi connectivity index (χ1n) is 8.33. The van der Waals surface area contributed by atoms with Gasteiger partial charge in [-0.05, 0) is 31.5 Å². The molecule has 0 aliphatic rings. The minimum Gasteiger partial charge on any atom is -0.325 e. The number of aromatic nitrogens is 2. The van der Waals surface area contributed by atoms with E-state index in [0.717, 1.165) is 11.1 Å². The lowest BCUT2D eigenvalue weighted by Gasteiger charge is -2.14. The number of nitrogens with zero attached hydrogens (tertiary/aromatic N) is 1. The molecule has 0 unspecified atom stereocenters. The van der Waals surface area contributed by atoms with E-state index in [9.17, 15) is 9.59 Å². The molecule has 1 amide bonds. The number of hydrogen-bond donors (Lipinski definition) is 2. The van der Waals surface area contributed by atoms with Crippen LogP contribution >= 0.6 is 23.4 Å². The molecule has 1 aromatic heterocycles. The molecule has 3 rings (SSSR count). The van der Waals surface area contributed by atoms with E-state index in [1.807, 2.05) is 37.3 Å². The van der Waals surface area contributed by atoms with Crippen molar-refractivity contribution in [1.29, 1.82) is 0 Å². The van der Waals surface area contributed by atoms with Crippen molar-refractivity contribution < 1.29 is 4.79 Å². The zero-order valence-electron chi connectivity index (χ0n) is 14.8. The van der Waals surface area contributed by atoms with Crippen LogP contribution in [0.2, 0.25) is 5.02 Å². The van der Waals surface area contributed by atoms with E-state index in [4.69, 9.17) is 11.6 Å². The van der Waals surface area contributed by atoms with Gasteiger partial charge in [-0.3, -0.25) is 9.59 Å². The van der Waals surface area contributed by atoms with Gasteiger partial charge in [-0.1, -0.05) is 59.8 Å². The minimum absolute atomic E-state index is 0.196. The quantitative estimate of drug-likeness (QED) is 0.488. The Morgan fingerprint density at radius 3 is 2.67 bits per heavy atom. The number of H-pyrrole nitrogens is 1. The Kier molecular flexibility index (Phi) is 5.98. The average molecular weight is 400 g/mol. The molecular weight excluding hydrogens is 382 g/mol. The minimum atomic E-state index is -0.461. The van der Waals surface area contributed by atoms with Gasteiger partial charge in [-0.2, -0.15) is 0 Å². The van der Waals surface area contributed by atoms with Gasteiger partial charge in [-0.25, -0.2) is 4.98 Å². The fourth-order valence-corrected chi connectivity index (χ4v) is 3.43. The molecule has 0 spiro atoms. The van der Waals surface area contributed by atoms with E-state index in [1.54, 1.807) is 25.1 Å². The Labute approximate surface area is 166 Å². The van der Waals surface area contributed by atoms with E-state index in [0.29, 0.717) is 21.6 Å². The number of halogens is 1. The molecular formula is C20H18ClN3O2S. The van der Waals surface area contributed by atoms with E-state index >= 15 is 0 Å². The highest BCUT2D eigenvalue weighted by atomic mass is 35.5. The van der Waals surface area contributed by atoms with Gasteiger partial charge >= 0.3 is 0 Å². The first-order valence-corrected chi connectivity index (χ1v) is 9.59. The highest BCUT2D eigenvalue weighted by Crippen LogP contribution is 2.26. The molecule has 3 aromatic rings. The number of aromatic amines is 1. The van der Waals surface area contributed by atoms with Crippen molar-refractivity contribution >= 4 is 35.0 Å². The third kappa shape index (κ3) is 4.78. The summed E-state index contributed by atoms with van der Waals surface area (Å²) in [4.78, 5) is 31.7. The number of carbonyl (C=O) groups is 1. The second-order valence-corrected chi connectivity index (χ2v) is 7.70. The van der Waals surface area contributed by atoms with Crippen LogP contribution in [0.5, 0.6) is 0 Å². The van der Waals surface area contributed by atoms with Crippen LogP contribution in [-0.4, -0.2) is 21.1 Å². The van der Waals surface area contributed by atoms with Gasteiger partial charge in [0.2, 0.25) is 5.91 Å². The summed E-state index contributed by atoms with van der Waals surface area (Å²) < 4.78 is 0. The van der Waals surface area contributed by atoms with Gasteiger partial charge < -0.3 is 10.3 Å². The first kappa shape index (κ1) is 19.2. The number of rotatable bonds is 5. The molecule has 0 radical (unpaired) electrons. The van der Waals surface area contributed by atoms with Crippen LogP contribution in [0, 0.1) is 6.92 Å². The van der Waals surface area contributed by atoms with E-state index in [1.165, 1.54) is 17.8 Å². The molecule has 1 heterocycles. The summed E-state index contributed by atoms with van der Waals surface area (Å²) in [5.41, 5.74) is 2.63. The maximum atomic E-state index is 12.5.